The molecule has 0 atom stereocenters. The van der Waals surface area contributed by atoms with Gasteiger partial charge < -0.3 is 15.8 Å². The Morgan fingerprint density at radius 2 is 2.44 bits per heavy atom. The molecular formula is C4H6N2OS2. The minimum atomic E-state index is 0.104. The van der Waals surface area contributed by atoms with E-state index in [-0.39, 0.29) is 5.88 Å². The molecule has 0 bridgehead atoms. The molecule has 1 rings (SSSR count). The van der Waals surface area contributed by atoms with Gasteiger partial charge in [-0.1, -0.05) is 0 Å². The van der Waals surface area contributed by atoms with Gasteiger partial charge in [-0.15, -0.1) is 11.3 Å². The van der Waals surface area contributed by atoms with Crippen molar-refractivity contribution in [1.82, 2.24) is 4.98 Å². The quantitative estimate of drug-likeness (QED) is 0.539. The summed E-state index contributed by atoms with van der Waals surface area (Å²) in [4.78, 5) is 3.28. The lowest BCUT2D eigenvalue weighted by Gasteiger charge is -1.85. The number of rotatable bonds is 1. The average Bonchev–Trinajstić information content (AvgIpc) is 2.10. The summed E-state index contributed by atoms with van der Waals surface area (Å²) in [5.41, 5.74) is 5.25. The van der Waals surface area contributed by atoms with Crippen LogP contribution in [0.4, 0.5) is 0 Å². The highest BCUT2D eigenvalue weighted by atomic mass is 32.1. The fraction of sp³-hybridized carbons (Fsp3) is 0.250. The lowest BCUT2D eigenvalue weighted by molar-refractivity contribution is 0.451. The van der Waals surface area contributed by atoms with Crippen molar-refractivity contribution in [2.45, 2.75) is 6.54 Å². The first-order valence-corrected chi connectivity index (χ1v) is 3.57. The second-order valence-electron chi connectivity index (χ2n) is 1.49. The third-order valence-electron chi connectivity index (χ3n) is 0.886. The Labute approximate surface area is 61.1 Å². The van der Waals surface area contributed by atoms with Gasteiger partial charge in [0.2, 0.25) is 5.88 Å². The van der Waals surface area contributed by atoms with Crippen LogP contribution in [0.3, 0.4) is 0 Å². The van der Waals surface area contributed by atoms with E-state index in [0.717, 1.165) is 0 Å². The van der Waals surface area contributed by atoms with Crippen LogP contribution in [0.2, 0.25) is 0 Å². The number of aromatic hydroxyl groups is 1. The van der Waals surface area contributed by atoms with E-state index in [2.05, 4.69) is 4.98 Å². The van der Waals surface area contributed by atoms with Crippen LogP contribution >= 0.6 is 23.6 Å². The van der Waals surface area contributed by atoms with E-state index in [9.17, 15) is 0 Å². The summed E-state index contributed by atoms with van der Waals surface area (Å²) in [6.07, 6.45) is 0. The van der Waals surface area contributed by atoms with E-state index < -0.39 is 0 Å². The molecule has 0 aliphatic rings. The molecule has 0 fully saturated rings. The minimum absolute atomic E-state index is 0.104. The van der Waals surface area contributed by atoms with E-state index in [1.54, 1.807) is 0 Å². The van der Waals surface area contributed by atoms with Crippen LogP contribution < -0.4 is 5.73 Å². The topological polar surface area (TPSA) is 62.0 Å². The maximum atomic E-state index is 8.94. The van der Waals surface area contributed by atoms with E-state index in [1.165, 1.54) is 11.3 Å². The predicted molar refractivity (Wildman–Crippen MR) is 39.1 cm³/mol. The Morgan fingerprint density at radius 1 is 1.78 bits per heavy atom. The zero-order valence-electron chi connectivity index (χ0n) is 4.55. The fourth-order valence-corrected chi connectivity index (χ4v) is 1.49. The number of hydrogen-bond acceptors (Lipinski definition) is 4. The van der Waals surface area contributed by atoms with Crippen molar-refractivity contribution in [3.63, 3.8) is 0 Å². The van der Waals surface area contributed by atoms with Gasteiger partial charge >= 0.3 is 0 Å². The second kappa shape index (κ2) is 2.47. The third-order valence-corrected chi connectivity index (χ3v) is 2.13. The third kappa shape index (κ3) is 1.29. The molecule has 1 aromatic rings. The first-order valence-electron chi connectivity index (χ1n) is 2.35. The number of aromatic nitrogens is 1. The Kier molecular flexibility index (Phi) is 1.84. The molecule has 0 aromatic carbocycles. The fourth-order valence-electron chi connectivity index (χ4n) is 0.490. The lowest BCUT2D eigenvalue weighted by Crippen LogP contribution is -1.92. The molecule has 1 heterocycles. The molecule has 0 amide bonds. The molecule has 0 saturated carbocycles. The van der Waals surface area contributed by atoms with Crippen LogP contribution in [-0.4, -0.2) is 10.1 Å². The van der Waals surface area contributed by atoms with Crippen molar-refractivity contribution >= 4 is 23.6 Å². The van der Waals surface area contributed by atoms with Gasteiger partial charge in [0.25, 0.3) is 0 Å². The maximum absolute atomic E-state index is 8.94. The molecule has 1 aromatic heterocycles. The molecule has 3 nitrogen and oxygen atoms in total. The van der Waals surface area contributed by atoms with Gasteiger partial charge in [-0.2, -0.15) is 0 Å². The molecule has 0 aliphatic carbocycles. The number of thiazole rings is 1. The van der Waals surface area contributed by atoms with Gasteiger partial charge in [-0.05, 0) is 12.2 Å². The molecule has 0 unspecified atom stereocenters. The Hall–Kier alpha value is -0.390. The molecule has 0 radical (unpaired) electrons. The van der Waals surface area contributed by atoms with E-state index in [1.807, 2.05) is 0 Å². The summed E-state index contributed by atoms with van der Waals surface area (Å²) in [6, 6.07) is 0. The molecule has 50 valence electrons. The van der Waals surface area contributed by atoms with Crippen LogP contribution in [-0.2, 0) is 6.54 Å². The zero-order valence-corrected chi connectivity index (χ0v) is 6.18. The minimum Gasteiger partial charge on any atom is -0.494 e. The molecule has 0 saturated heterocycles. The second-order valence-corrected chi connectivity index (χ2v) is 3.26. The van der Waals surface area contributed by atoms with Gasteiger partial charge in [0.1, 0.15) is 0 Å². The highest BCUT2D eigenvalue weighted by Gasteiger charge is 1.99. The summed E-state index contributed by atoms with van der Waals surface area (Å²) in [7, 11) is 0. The van der Waals surface area contributed by atoms with Crippen molar-refractivity contribution in [2.75, 3.05) is 0 Å². The van der Waals surface area contributed by atoms with E-state index >= 15 is 0 Å². The molecule has 5 heteroatoms. The van der Waals surface area contributed by atoms with Crippen molar-refractivity contribution < 1.29 is 5.11 Å². The SMILES string of the molecule is NCc1sc(=S)[nH]c1O. The Balaban J connectivity index is 3.16. The van der Waals surface area contributed by atoms with Gasteiger partial charge in [0.05, 0.1) is 4.88 Å². The van der Waals surface area contributed by atoms with Gasteiger partial charge in [0.15, 0.2) is 3.95 Å². The Morgan fingerprint density at radius 3 is 2.67 bits per heavy atom. The number of hydrogen-bond donors (Lipinski definition) is 3. The maximum Gasteiger partial charge on any atom is 0.204 e. The van der Waals surface area contributed by atoms with Gasteiger partial charge in [-0.25, -0.2) is 0 Å². The normalized spacial score (nSPS) is 9.89. The Bertz CT molecular complexity index is 251. The lowest BCUT2D eigenvalue weighted by atomic mass is 10.5. The van der Waals surface area contributed by atoms with E-state index in [4.69, 9.17) is 23.1 Å². The highest BCUT2D eigenvalue weighted by Crippen LogP contribution is 2.19. The molecule has 0 aliphatic heterocycles. The average molecular weight is 162 g/mol. The van der Waals surface area contributed by atoms with Crippen LogP contribution in [0.5, 0.6) is 5.88 Å². The largest absolute Gasteiger partial charge is 0.494 e. The van der Waals surface area contributed by atoms with Gasteiger partial charge in [0, 0.05) is 6.54 Å². The number of aromatic amines is 1. The summed E-state index contributed by atoms with van der Waals surface area (Å²) in [6.45, 7) is 0.337. The van der Waals surface area contributed by atoms with Crippen LogP contribution in [0.25, 0.3) is 0 Å². The monoisotopic (exact) mass is 162 g/mol. The van der Waals surface area contributed by atoms with Crippen molar-refractivity contribution in [3.05, 3.63) is 8.83 Å². The number of nitrogens with two attached hydrogens (primary N) is 1. The van der Waals surface area contributed by atoms with Gasteiger partial charge in [-0.3, -0.25) is 0 Å². The van der Waals surface area contributed by atoms with Crippen LogP contribution in [0.1, 0.15) is 4.88 Å². The standard InChI is InChI=1S/C4H6N2OS2/c5-1-2-3(7)6-4(8)9-2/h7H,1,5H2,(H,6,8). The molecule has 9 heavy (non-hydrogen) atoms. The van der Waals surface area contributed by atoms with E-state index in [0.29, 0.717) is 15.4 Å². The van der Waals surface area contributed by atoms with Crippen molar-refractivity contribution in [3.8, 4) is 5.88 Å². The summed E-state index contributed by atoms with van der Waals surface area (Å²) >= 11 is 6.03. The summed E-state index contributed by atoms with van der Waals surface area (Å²) in [5.74, 6) is 0.104. The molecule has 4 N–H and O–H groups in total. The predicted octanol–water partition coefficient (Wildman–Crippen LogP) is 0.970. The zero-order chi connectivity index (χ0) is 6.85. The molecule has 0 spiro atoms. The summed E-state index contributed by atoms with van der Waals surface area (Å²) in [5, 5.41) is 8.94. The van der Waals surface area contributed by atoms with Crippen molar-refractivity contribution in [2.24, 2.45) is 5.73 Å². The van der Waals surface area contributed by atoms with Crippen molar-refractivity contribution in [1.29, 1.82) is 0 Å². The number of H-pyrrole nitrogens is 1. The molecular weight excluding hydrogens is 156 g/mol. The van der Waals surface area contributed by atoms with Crippen LogP contribution in [0, 0.1) is 3.95 Å². The first kappa shape index (κ1) is 6.73. The first-order chi connectivity index (χ1) is 4.24. The smallest absolute Gasteiger partial charge is 0.204 e. The van der Waals surface area contributed by atoms with Crippen LogP contribution in [0.15, 0.2) is 0 Å². The number of nitrogens with one attached hydrogen (secondary N) is 1. The summed E-state index contributed by atoms with van der Waals surface area (Å²) < 4.78 is 0.563. The highest BCUT2D eigenvalue weighted by molar-refractivity contribution is 7.73.